The number of alkyl carbamates (subject to hydrolysis) is 1. The summed E-state index contributed by atoms with van der Waals surface area (Å²) in [4.78, 5) is 54.2. The van der Waals surface area contributed by atoms with Crippen LogP contribution < -0.4 is 16.4 Å². The minimum absolute atomic E-state index is 0.0649. The molecule has 2 aromatic carbocycles. The van der Waals surface area contributed by atoms with Crippen LogP contribution in [0.4, 0.5) is 10.5 Å². The topological polar surface area (TPSA) is 131 Å². The van der Waals surface area contributed by atoms with Gasteiger partial charge in [0.2, 0.25) is 11.8 Å². The molecule has 10 heteroatoms. The van der Waals surface area contributed by atoms with E-state index >= 15 is 0 Å². The number of carbonyl (C=O) groups excluding carboxylic acids is 4. The highest BCUT2D eigenvalue weighted by atomic mass is 35.5. The number of hydrogen-bond acceptors (Lipinski definition) is 5. The summed E-state index contributed by atoms with van der Waals surface area (Å²) in [5, 5.41) is 5.87. The Hall–Kier alpha value is -4.03. The average Bonchev–Trinajstić information content (AvgIpc) is 2.86. The fourth-order valence-electron chi connectivity index (χ4n) is 4.54. The molecule has 0 bridgehead atoms. The van der Waals surface area contributed by atoms with Gasteiger partial charge in [0, 0.05) is 18.0 Å². The summed E-state index contributed by atoms with van der Waals surface area (Å²) in [7, 11) is 0. The molecule has 3 rings (SSSR count). The van der Waals surface area contributed by atoms with Gasteiger partial charge in [0.25, 0.3) is 5.91 Å². The number of primary amides is 1. The molecule has 1 saturated carbocycles. The highest BCUT2D eigenvalue weighted by Crippen LogP contribution is 2.36. The number of nitrogens with zero attached hydrogens (tertiary/aromatic N) is 1. The summed E-state index contributed by atoms with van der Waals surface area (Å²) >= 11 is 6.42. The van der Waals surface area contributed by atoms with Gasteiger partial charge in [-0.25, -0.2) is 4.79 Å². The molecule has 0 spiro atoms. The first-order chi connectivity index (χ1) is 19.3. The minimum Gasteiger partial charge on any atom is -0.444 e. The fraction of sp³-hybridized carbons (Fsp3) is 0.419. The van der Waals surface area contributed by atoms with E-state index < -0.39 is 41.5 Å². The van der Waals surface area contributed by atoms with E-state index in [9.17, 15) is 19.2 Å². The average molecular weight is 581 g/mol. The third-order valence-electron chi connectivity index (χ3n) is 6.78. The maximum Gasteiger partial charge on any atom is 0.408 e. The summed E-state index contributed by atoms with van der Waals surface area (Å²) < 4.78 is 5.38. The fourth-order valence-corrected chi connectivity index (χ4v) is 4.81. The van der Waals surface area contributed by atoms with Crippen molar-refractivity contribution in [2.45, 2.75) is 83.5 Å². The Kier molecular flexibility index (Phi) is 10.4. The highest BCUT2D eigenvalue weighted by Gasteiger charge is 2.42. The first kappa shape index (κ1) is 31.5. The standard InChI is InChI=1S/C31H37ClN4O5/c1-6-20-13-15-21(16-14-20)27(28(38)35-26-19(2)9-7-12-23(26)32)36(22-10-8-11-22)29(39)24(17-18-25(33)37)34-30(40)41-31(3,4)5/h1,7,9,12-16,22,24,27H,8,10-11,17-18H2,2-5H3,(H2,33,37)(H,34,40)(H,35,38). The van der Waals surface area contributed by atoms with Crippen LogP contribution in [0.1, 0.15) is 75.6 Å². The van der Waals surface area contributed by atoms with Gasteiger partial charge >= 0.3 is 6.09 Å². The van der Waals surface area contributed by atoms with Crippen LogP contribution in [0.25, 0.3) is 0 Å². The van der Waals surface area contributed by atoms with Crippen LogP contribution in [-0.2, 0) is 19.1 Å². The zero-order valence-corrected chi connectivity index (χ0v) is 24.6. The predicted octanol–water partition coefficient (Wildman–Crippen LogP) is 4.85. The SMILES string of the molecule is C#Cc1ccc(C(C(=O)Nc2c(C)cccc2Cl)N(C(=O)C(CCC(N)=O)NC(=O)OC(C)(C)C)C2CCC2)cc1. The Morgan fingerprint density at radius 1 is 1.15 bits per heavy atom. The van der Waals surface area contributed by atoms with Gasteiger partial charge in [0.15, 0.2) is 0 Å². The van der Waals surface area contributed by atoms with Crippen LogP contribution in [0, 0.1) is 19.3 Å². The Bertz CT molecular complexity index is 1310. The minimum atomic E-state index is -1.17. The Labute approximate surface area is 246 Å². The molecule has 2 aromatic rings. The second kappa shape index (κ2) is 13.6. The molecule has 4 N–H and O–H groups in total. The van der Waals surface area contributed by atoms with Gasteiger partial charge in [0.1, 0.15) is 17.7 Å². The molecule has 9 nitrogen and oxygen atoms in total. The number of amides is 4. The second-order valence-corrected chi connectivity index (χ2v) is 11.5. The Morgan fingerprint density at radius 3 is 2.32 bits per heavy atom. The number of nitrogens with two attached hydrogens (primary N) is 1. The molecule has 0 aromatic heterocycles. The predicted molar refractivity (Wildman–Crippen MR) is 158 cm³/mol. The summed E-state index contributed by atoms with van der Waals surface area (Å²) in [5.74, 6) is 0.915. The lowest BCUT2D eigenvalue weighted by Gasteiger charge is -2.43. The van der Waals surface area contributed by atoms with Crippen molar-refractivity contribution in [3.8, 4) is 12.3 Å². The van der Waals surface area contributed by atoms with Crippen molar-refractivity contribution in [2.75, 3.05) is 5.32 Å². The maximum absolute atomic E-state index is 14.3. The molecular formula is C31H37ClN4O5. The van der Waals surface area contributed by atoms with Gasteiger partial charge < -0.3 is 26.0 Å². The van der Waals surface area contributed by atoms with Crippen molar-refractivity contribution in [3.05, 3.63) is 64.2 Å². The molecule has 2 unspecified atom stereocenters. The van der Waals surface area contributed by atoms with E-state index in [1.165, 1.54) is 4.90 Å². The normalized spacial score (nSPS) is 14.5. The number of benzene rings is 2. The number of carbonyl (C=O) groups is 4. The van der Waals surface area contributed by atoms with Crippen LogP contribution in [0.5, 0.6) is 0 Å². The summed E-state index contributed by atoms with van der Waals surface area (Å²) in [5.41, 5.74) is 6.89. The molecule has 0 radical (unpaired) electrons. The first-order valence-corrected chi connectivity index (χ1v) is 13.9. The molecule has 0 heterocycles. The van der Waals surface area contributed by atoms with E-state index in [1.54, 1.807) is 57.2 Å². The number of rotatable bonds is 10. The van der Waals surface area contributed by atoms with Crippen molar-refractivity contribution >= 4 is 41.1 Å². The zero-order chi connectivity index (χ0) is 30.3. The Morgan fingerprint density at radius 2 is 1.80 bits per heavy atom. The van der Waals surface area contributed by atoms with E-state index in [4.69, 9.17) is 28.5 Å². The van der Waals surface area contributed by atoms with Crippen molar-refractivity contribution < 1.29 is 23.9 Å². The number of hydrogen-bond donors (Lipinski definition) is 3. The van der Waals surface area contributed by atoms with Gasteiger partial charge in [-0.15, -0.1) is 6.42 Å². The van der Waals surface area contributed by atoms with E-state index in [1.807, 2.05) is 13.0 Å². The molecule has 41 heavy (non-hydrogen) atoms. The molecule has 1 aliphatic rings. The Balaban J connectivity index is 2.07. The van der Waals surface area contributed by atoms with E-state index in [-0.39, 0.29) is 18.9 Å². The number of anilines is 1. The van der Waals surface area contributed by atoms with Crippen LogP contribution in [0.3, 0.4) is 0 Å². The smallest absolute Gasteiger partial charge is 0.408 e. The summed E-state index contributed by atoms with van der Waals surface area (Å²) in [6.45, 7) is 6.91. The molecule has 1 fully saturated rings. The largest absolute Gasteiger partial charge is 0.444 e. The number of ether oxygens (including phenoxy) is 1. The lowest BCUT2D eigenvalue weighted by molar-refractivity contribution is -0.146. The third-order valence-corrected chi connectivity index (χ3v) is 7.10. The first-order valence-electron chi connectivity index (χ1n) is 13.5. The van der Waals surface area contributed by atoms with Crippen LogP contribution in [0.2, 0.25) is 5.02 Å². The zero-order valence-electron chi connectivity index (χ0n) is 23.8. The number of nitrogens with one attached hydrogen (secondary N) is 2. The molecule has 0 saturated heterocycles. The number of para-hydroxylation sites is 1. The lowest BCUT2D eigenvalue weighted by atomic mass is 9.87. The van der Waals surface area contributed by atoms with Crippen LogP contribution >= 0.6 is 11.6 Å². The van der Waals surface area contributed by atoms with Crippen molar-refractivity contribution in [2.24, 2.45) is 5.73 Å². The number of halogens is 1. The molecule has 1 aliphatic carbocycles. The van der Waals surface area contributed by atoms with Crippen LogP contribution in [0.15, 0.2) is 42.5 Å². The van der Waals surface area contributed by atoms with E-state index in [0.29, 0.717) is 34.7 Å². The maximum atomic E-state index is 14.3. The van der Waals surface area contributed by atoms with Crippen molar-refractivity contribution in [1.82, 2.24) is 10.2 Å². The van der Waals surface area contributed by atoms with E-state index in [2.05, 4.69) is 16.6 Å². The number of aryl methyl sites for hydroxylation is 1. The quantitative estimate of drug-likeness (QED) is 0.346. The van der Waals surface area contributed by atoms with Gasteiger partial charge in [-0.1, -0.05) is 41.8 Å². The highest BCUT2D eigenvalue weighted by molar-refractivity contribution is 6.34. The molecular weight excluding hydrogens is 544 g/mol. The lowest BCUT2D eigenvalue weighted by Crippen LogP contribution is -2.57. The molecule has 2 atom stereocenters. The molecule has 0 aliphatic heterocycles. The van der Waals surface area contributed by atoms with Crippen molar-refractivity contribution in [3.63, 3.8) is 0 Å². The summed E-state index contributed by atoms with van der Waals surface area (Å²) in [6, 6.07) is 9.53. The van der Waals surface area contributed by atoms with Gasteiger partial charge in [0.05, 0.1) is 10.7 Å². The molecule has 4 amide bonds. The monoisotopic (exact) mass is 580 g/mol. The van der Waals surface area contributed by atoms with E-state index in [0.717, 1.165) is 12.0 Å². The second-order valence-electron chi connectivity index (χ2n) is 11.1. The van der Waals surface area contributed by atoms with Gasteiger partial charge in [-0.2, -0.15) is 0 Å². The third kappa shape index (κ3) is 8.48. The number of terminal acetylenes is 1. The summed E-state index contributed by atoms with van der Waals surface area (Å²) in [6.07, 6.45) is 6.71. The van der Waals surface area contributed by atoms with Gasteiger partial charge in [-0.05, 0) is 82.7 Å². The molecule has 218 valence electrons. The van der Waals surface area contributed by atoms with Crippen molar-refractivity contribution in [1.29, 1.82) is 0 Å². The van der Waals surface area contributed by atoms with Crippen LogP contribution in [-0.4, -0.2) is 46.4 Å². The van der Waals surface area contributed by atoms with Gasteiger partial charge in [-0.3, -0.25) is 14.4 Å².